The van der Waals surface area contributed by atoms with Crippen molar-refractivity contribution >= 4 is 27.6 Å². The number of aliphatic hydroxyl groups excluding tert-OH is 2. The number of nitrogen functional groups attached to an aromatic ring is 1. The number of aromatic nitrogens is 3. The van der Waals surface area contributed by atoms with E-state index >= 15 is 0 Å². The predicted octanol–water partition coefficient (Wildman–Crippen LogP) is -0.129. The molecule has 0 aromatic carbocycles. The third-order valence-electron chi connectivity index (χ3n) is 3.93. The second kappa shape index (κ2) is 7.11. The fourth-order valence-electron chi connectivity index (χ4n) is 2.72. The number of hydrogen-bond acceptors (Lipinski definition) is 9. The van der Waals surface area contributed by atoms with Gasteiger partial charge in [-0.3, -0.25) is 9.36 Å². The van der Waals surface area contributed by atoms with Crippen molar-refractivity contribution in [2.24, 2.45) is 0 Å². The first kappa shape index (κ1) is 17.2. The predicted molar refractivity (Wildman–Crippen MR) is 87.7 cm³/mol. The lowest BCUT2D eigenvalue weighted by atomic mass is 10.1. The number of anilines is 1. The Balaban J connectivity index is 1.93. The van der Waals surface area contributed by atoms with Crippen molar-refractivity contribution in [1.29, 1.82) is 0 Å². The largest absolute Gasteiger partial charge is 0.394 e. The maximum atomic E-state index is 12.3. The molecule has 1 fully saturated rings. The van der Waals surface area contributed by atoms with Gasteiger partial charge in [0.05, 0.1) is 17.5 Å². The zero-order valence-electron chi connectivity index (χ0n) is 13.2. The number of unbranched alkanes of at least 4 members (excludes halogenated alkanes) is 1. The van der Waals surface area contributed by atoms with Crippen LogP contribution < -0.4 is 10.6 Å². The summed E-state index contributed by atoms with van der Waals surface area (Å²) in [6.07, 6.45) is -0.301. The first-order valence-electron chi connectivity index (χ1n) is 7.76. The number of rotatable bonds is 6. The molecule has 3 heterocycles. The Morgan fingerprint density at radius 1 is 1.54 bits per heavy atom. The van der Waals surface area contributed by atoms with Gasteiger partial charge < -0.3 is 25.4 Å². The molecule has 3 rings (SSSR count). The van der Waals surface area contributed by atoms with Crippen molar-refractivity contribution in [3.05, 3.63) is 15.9 Å². The second-order valence-electron chi connectivity index (χ2n) is 5.58. The van der Waals surface area contributed by atoms with Crippen LogP contribution in [0.5, 0.6) is 0 Å². The molecule has 0 amide bonds. The molecule has 9 nitrogen and oxygen atoms in total. The Hall–Kier alpha value is -1.59. The summed E-state index contributed by atoms with van der Waals surface area (Å²) in [6.45, 7) is 2.15. The van der Waals surface area contributed by atoms with Crippen LogP contribution in [0.3, 0.4) is 0 Å². The van der Waals surface area contributed by atoms with Crippen LogP contribution >= 0.6 is 11.3 Å². The molecule has 2 aromatic rings. The van der Waals surface area contributed by atoms with Crippen molar-refractivity contribution in [3.8, 4) is 0 Å². The second-order valence-corrected chi connectivity index (χ2v) is 6.57. The van der Waals surface area contributed by atoms with Crippen molar-refractivity contribution < 1.29 is 19.7 Å². The molecule has 10 heteroatoms. The summed E-state index contributed by atoms with van der Waals surface area (Å²) < 4.78 is 13.1. The van der Waals surface area contributed by atoms with Gasteiger partial charge in [-0.15, -0.1) is 0 Å². The summed E-state index contributed by atoms with van der Waals surface area (Å²) in [4.78, 5) is 19.9. The summed E-state index contributed by atoms with van der Waals surface area (Å²) in [5, 5.41) is 20.1. The van der Waals surface area contributed by atoms with Crippen LogP contribution in [0.2, 0.25) is 0 Å². The van der Waals surface area contributed by atoms with E-state index in [4.69, 9.17) is 15.2 Å². The van der Waals surface area contributed by atoms with E-state index in [1.165, 1.54) is 10.8 Å². The van der Waals surface area contributed by atoms with Gasteiger partial charge in [-0.1, -0.05) is 24.7 Å². The minimum atomic E-state index is -1.11. The van der Waals surface area contributed by atoms with Gasteiger partial charge in [0.25, 0.3) is 0 Å². The van der Waals surface area contributed by atoms with Crippen LogP contribution in [-0.4, -0.2) is 56.3 Å². The lowest BCUT2D eigenvalue weighted by Gasteiger charge is -2.19. The molecule has 24 heavy (non-hydrogen) atoms. The van der Waals surface area contributed by atoms with Crippen molar-refractivity contribution in [2.75, 3.05) is 18.9 Å². The standard InChI is InChI=1S/C14H20N4O5S/c1-2-3-4-22-10-7(6-19)23-12(9(10)20)18-11-8(24-14(18)21)5-16-13(15)17-11/h5,7,9-10,12,19-20H,2-4,6H2,1H3,(H2,15,16,17)/t7-,9-,10+,12+/m1/s1. The van der Waals surface area contributed by atoms with Gasteiger partial charge in [0.15, 0.2) is 11.9 Å². The molecule has 0 radical (unpaired) electrons. The normalized spacial score (nSPS) is 27.1. The fourth-order valence-corrected chi connectivity index (χ4v) is 3.54. The average molecular weight is 356 g/mol. The zero-order chi connectivity index (χ0) is 17.3. The molecule has 1 saturated heterocycles. The van der Waals surface area contributed by atoms with Gasteiger partial charge in [0, 0.05) is 6.61 Å². The number of hydrogen-bond donors (Lipinski definition) is 3. The molecular formula is C14H20N4O5S. The third-order valence-corrected chi connectivity index (χ3v) is 4.81. The molecule has 4 atom stereocenters. The molecule has 1 aliphatic rings. The Morgan fingerprint density at radius 2 is 2.33 bits per heavy atom. The highest BCUT2D eigenvalue weighted by Crippen LogP contribution is 2.33. The van der Waals surface area contributed by atoms with Gasteiger partial charge in [0.1, 0.15) is 18.3 Å². The van der Waals surface area contributed by atoms with Crippen molar-refractivity contribution in [2.45, 2.75) is 44.3 Å². The smallest absolute Gasteiger partial charge is 0.311 e. The molecule has 0 aliphatic carbocycles. The van der Waals surface area contributed by atoms with Crippen LogP contribution in [0.1, 0.15) is 26.0 Å². The Bertz CT molecular complexity index is 763. The number of aliphatic hydroxyl groups is 2. The van der Waals surface area contributed by atoms with Gasteiger partial charge in [-0.25, -0.2) is 4.98 Å². The van der Waals surface area contributed by atoms with Gasteiger partial charge in [0.2, 0.25) is 5.95 Å². The summed E-state index contributed by atoms with van der Waals surface area (Å²) >= 11 is 0.940. The number of thiazole rings is 1. The van der Waals surface area contributed by atoms with Crippen LogP contribution in [0.25, 0.3) is 10.3 Å². The van der Waals surface area contributed by atoms with Crippen LogP contribution in [0.15, 0.2) is 11.0 Å². The van der Waals surface area contributed by atoms with E-state index in [9.17, 15) is 15.0 Å². The molecule has 1 aliphatic heterocycles. The van der Waals surface area contributed by atoms with Crippen molar-refractivity contribution in [1.82, 2.24) is 14.5 Å². The van der Waals surface area contributed by atoms with Crippen LogP contribution in [0, 0.1) is 0 Å². The highest BCUT2D eigenvalue weighted by molar-refractivity contribution is 7.16. The van der Waals surface area contributed by atoms with E-state index in [1.807, 2.05) is 6.92 Å². The summed E-state index contributed by atoms with van der Waals surface area (Å²) in [6, 6.07) is 0. The maximum Gasteiger partial charge on any atom is 0.311 e. The molecule has 0 spiro atoms. The third kappa shape index (κ3) is 3.03. The molecule has 0 unspecified atom stereocenters. The molecule has 4 N–H and O–H groups in total. The maximum absolute atomic E-state index is 12.3. The van der Waals surface area contributed by atoms with E-state index in [0.717, 1.165) is 24.2 Å². The van der Waals surface area contributed by atoms with Gasteiger partial charge in [-0.2, -0.15) is 4.98 Å². The number of ether oxygens (including phenoxy) is 2. The minimum absolute atomic E-state index is 0.0241. The van der Waals surface area contributed by atoms with E-state index in [2.05, 4.69) is 9.97 Å². The number of fused-ring (bicyclic) bond motifs is 1. The van der Waals surface area contributed by atoms with Crippen molar-refractivity contribution in [3.63, 3.8) is 0 Å². The van der Waals surface area contributed by atoms with E-state index in [1.54, 1.807) is 0 Å². The zero-order valence-corrected chi connectivity index (χ0v) is 14.0. The monoisotopic (exact) mass is 356 g/mol. The number of nitrogens with zero attached hydrogens (tertiary/aromatic N) is 3. The topological polar surface area (TPSA) is 133 Å². The number of nitrogens with two attached hydrogens (primary N) is 1. The molecular weight excluding hydrogens is 336 g/mol. The SMILES string of the molecule is CCCCO[C@@H]1[C@@H](O)[C@@H](n2c(=O)sc3cnc(N)nc32)O[C@@H]1CO. The Labute approximate surface area is 141 Å². The first-order valence-corrected chi connectivity index (χ1v) is 8.58. The molecule has 0 saturated carbocycles. The lowest BCUT2D eigenvalue weighted by molar-refractivity contribution is -0.0611. The average Bonchev–Trinajstić information content (AvgIpc) is 3.04. The molecule has 0 bridgehead atoms. The summed E-state index contributed by atoms with van der Waals surface area (Å²) in [5.41, 5.74) is 5.89. The summed E-state index contributed by atoms with van der Waals surface area (Å²) in [5.74, 6) is 0.0241. The van der Waals surface area contributed by atoms with Crippen LogP contribution in [0.4, 0.5) is 5.95 Å². The Kier molecular flexibility index (Phi) is 5.11. The highest BCUT2D eigenvalue weighted by Gasteiger charge is 2.46. The summed E-state index contributed by atoms with van der Waals surface area (Å²) in [7, 11) is 0. The lowest BCUT2D eigenvalue weighted by Crippen LogP contribution is -2.37. The molecule has 132 valence electrons. The quantitative estimate of drug-likeness (QED) is 0.610. The van der Waals surface area contributed by atoms with E-state index < -0.39 is 24.5 Å². The van der Waals surface area contributed by atoms with E-state index in [-0.39, 0.29) is 17.4 Å². The minimum Gasteiger partial charge on any atom is -0.394 e. The Morgan fingerprint density at radius 3 is 3.04 bits per heavy atom. The fraction of sp³-hybridized carbons (Fsp3) is 0.643. The van der Waals surface area contributed by atoms with Crippen LogP contribution in [-0.2, 0) is 9.47 Å². The molecule has 2 aromatic heterocycles. The van der Waals surface area contributed by atoms with Gasteiger partial charge in [-0.05, 0) is 6.42 Å². The van der Waals surface area contributed by atoms with E-state index in [0.29, 0.717) is 17.0 Å². The highest BCUT2D eigenvalue weighted by atomic mass is 32.1. The van der Waals surface area contributed by atoms with Gasteiger partial charge >= 0.3 is 4.87 Å². The first-order chi connectivity index (χ1) is 11.6.